The summed E-state index contributed by atoms with van der Waals surface area (Å²) in [5.41, 5.74) is 1.01. The molecule has 0 atom stereocenters. The number of aryl methyl sites for hydroxylation is 1. The molecule has 0 amide bonds. The molecule has 0 aliphatic carbocycles. The van der Waals surface area contributed by atoms with Gasteiger partial charge in [0.15, 0.2) is 11.5 Å². The molecule has 0 aliphatic heterocycles. The standard InChI is InChI=1S/C20H17N5O3/c1-24-18-16(11-22-17(23-18)14-3-5-15(28-2)6-4-14)19(26)25(20(24)27)12-13-7-9-21-10-8-13/h3-11H,12H2,1-2H3. The Hall–Kier alpha value is -3.81. The van der Waals surface area contributed by atoms with Crippen LogP contribution in [0.15, 0.2) is 64.6 Å². The van der Waals surface area contributed by atoms with Gasteiger partial charge in [0.1, 0.15) is 11.1 Å². The lowest BCUT2D eigenvalue weighted by molar-refractivity contribution is 0.415. The summed E-state index contributed by atoms with van der Waals surface area (Å²) in [7, 11) is 3.19. The molecule has 28 heavy (non-hydrogen) atoms. The minimum Gasteiger partial charge on any atom is -0.497 e. The molecule has 0 radical (unpaired) electrons. The number of hydrogen-bond acceptors (Lipinski definition) is 6. The van der Waals surface area contributed by atoms with E-state index in [-0.39, 0.29) is 11.9 Å². The monoisotopic (exact) mass is 375 g/mol. The summed E-state index contributed by atoms with van der Waals surface area (Å²) >= 11 is 0. The molecule has 0 bridgehead atoms. The minimum atomic E-state index is -0.436. The first-order valence-electron chi connectivity index (χ1n) is 8.58. The van der Waals surface area contributed by atoms with Crippen LogP contribution in [0.1, 0.15) is 5.56 Å². The summed E-state index contributed by atoms with van der Waals surface area (Å²) in [4.78, 5) is 38.4. The highest BCUT2D eigenvalue weighted by atomic mass is 16.5. The summed E-state index contributed by atoms with van der Waals surface area (Å²) in [6.45, 7) is 0.157. The van der Waals surface area contributed by atoms with Gasteiger partial charge in [-0.05, 0) is 42.0 Å². The van der Waals surface area contributed by atoms with Gasteiger partial charge in [-0.1, -0.05) is 0 Å². The van der Waals surface area contributed by atoms with Gasteiger partial charge >= 0.3 is 5.69 Å². The topological polar surface area (TPSA) is 91.9 Å². The Balaban J connectivity index is 1.84. The molecule has 0 unspecified atom stereocenters. The summed E-state index contributed by atoms with van der Waals surface area (Å²) in [6.07, 6.45) is 4.71. The molecular formula is C20H17N5O3. The molecular weight excluding hydrogens is 358 g/mol. The zero-order chi connectivity index (χ0) is 19.7. The van der Waals surface area contributed by atoms with Crippen LogP contribution in [0.3, 0.4) is 0 Å². The van der Waals surface area contributed by atoms with Gasteiger partial charge in [0.2, 0.25) is 0 Å². The number of benzene rings is 1. The molecule has 0 aliphatic rings. The number of nitrogens with zero attached hydrogens (tertiary/aromatic N) is 5. The van der Waals surface area contributed by atoms with Crippen molar-refractivity contribution in [2.24, 2.45) is 7.05 Å². The molecule has 0 saturated heterocycles. The van der Waals surface area contributed by atoms with Gasteiger partial charge in [-0.15, -0.1) is 0 Å². The summed E-state index contributed by atoms with van der Waals surface area (Å²) in [6, 6.07) is 10.8. The van der Waals surface area contributed by atoms with Crippen molar-refractivity contribution in [2.45, 2.75) is 6.54 Å². The Morgan fingerprint density at radius 3 is 2.43 bits per heavy atom. The molecule has 8 nitrogen and oxygen atoms in total. The maximum absolute atomic E-state index is 12.9. The highest BCUT2D eigenvalue weighted by Gasteiger charge is 2.14. The number of pyridine rings is 1. The Kier molecular flexibility index (Phi) is 4.44. The van der Waals surface area contributed by atoms with E-state index in [9.17, 15) is 9.59 Å². The Labute approximate surface area is 159 Å². The lowest BCUT2D eigenvalue weighted by Crippen LogP contribution is -2.39. The lowest BCUT2D eigenvalue weighted by atomic mass is 10.2. The molecule has 4 rings (SSSR count). The molecule has 3 heterocycles. The summed E-state index contributed by atoms with van der Waals surface area (Å²) in [5, 5.41) is 0.286. The van der Waals surface area contributed by atoms with E-state index >= 15 is 0 Å². The first-order valence-corrected chi connectivity index (χ1v) is 8.58. The number of rotatable bonds is 4. The van der Waals surface area contributed by atoms with E-state index in [4.69, 9.17) is 4.74 Å². The van der Waals surface area contributed by atoms with Crippen LogP contribution in [-0.2, 0) is 13.6 Å². The van der Waals surface area contributed by atoms with Gasteiger partial charge in [0, 0.05) is 31.2 Å². The molecule has 4 aromatic rings. The quantitative estimate of drug-likeness (QED) is 0.538. The van der Waals surface area contributed by atoms with E-state index in [1.807, 2.05) is 12.1 Å². The first kappa shape index (κ1) is 17.6. The predicted octanol–water partition coefficient (Wildman–Crippen LogP) is 1.61. The number of hydrogen-bond donors (Lipinski definition) is 0. The van der Waals surface area contributed by atoms with Crippen molar-refractivity contribution >= 4 is 11.0 Å². The van der Waals surface area contributed by atoms with E-state index in [1.165, 1.54) is 15.3 Å². The van der Waals surface area contributed by atoms with Gasteiger partial charge in [-0.3, -0.25) is 18.9 Å². The average Bonchev–Trinajstić information content (AvgIpc) is 2.75. The summed E-state index contributed by atoms with van der Waals surface area (Å²) in [5.74, 6) is 1.15. The zero-order valence-electron chi connectivity index (χ0n) is 15.4. The molecule has 0 N–H and O–H groups in total. The number of fused-ring (bicyclic) bond motifs is 1. The van der Waals surface area contributed by atoms with Crippen LogP contribution >= 0.6 is 0 Å². The van der Waals surface area contributed by atoms with Crippen molar-refractivity contribution in [3.63, 3.8) is 0 Å². The van der Waals surface area contributed by atoms with Gasteiger partial charge in [0.25, 0.3) is 5.56 Å². The molecule has 1 aromatic carbocycles. The maximum Gasteiger partial charge on any atom is 0.332 e. The maximum atomic E-state index is 12.9. The fourth-order valence-electron chi connectivity index (χ4n) is 2.97. The molecule has 0 spiro atoms. The summed E-state index contributed by atoms with van der Waals surface area (Å²) < 4.78 is 7.70. The second-order valence-corrected chi connectivity index (χ2v) is 6.25. The Morgan fingerprint density at radius 2 is 1.75 bits per heavy atom. The van der Waals surface area contributed by atoms with Gasteiger partial charge in [-0.25, -0.2) is 14.8 Å². The van der Waals surface area contributed by atoms with Crippen LogP contribution in [0.2, 0.25) is 0 Å². The van der Waals surface area contributed by atoms with Crippen LogP contribution in [0.4, 0.5) is 0 Å². The van der Waals surface area contributed by atoms with E-state index in [2.05, 4.69) is 15.0 Å². The minimum absolute atomic E-state index is 0.157. The highest BCUT2D eigenvalue weighted by Crippen LogP contribution is 2.20. The second kappa shape index (κ2) is 7.07. The molecule has 0 saturated carbocycles. The van der Waals surface area contributed by atoms with Crippen molar-refractivity contribution in [3.05, 3.63) is 81.4 Å². The predicted molar refractivity (Wildman–Crippen MR) is 104 cm³/mol. The van der Waals surface area contributed by atoms with Gasteiger partial charge < -0.3 is 4.74 Å². The third-order valence-corrected chi connectivity index (χ3v) is 4.52. The van der Waals surface area contributed by atoms with Crippen molar-refractivity contribution in [1.29, 1.82) is 0 Å². The highest BCUT2D eigenvalue weighted by molar-refractivity contribution is 5.75. The second-order valence-electron chi connectivity index (χ2n) is 6.25. The molecule has 140 valence electrons. The molecule has 8 heteroatoms. The van der Waals surface area contributed by atoms with Gasteiger partial charge in [-0.2, -0.15) is 0 Å². The SMILES string of the molecule is COc1ccc(-c2ncc3c(=O)n(Cc4ccncc4)c(=O)n(C)c3n2)cc1. The Bertz CT molecular complexity index is 1260. The molecule has 3 aromatic heterocycles. The number of ether oxygens (including phenoxy) is 1. The normalized spacial score (nSPS) is 10.9. The zero-order valence-corrected chi connectivity index (χ0v) is 15.4. The molecule has 0 fully saturated rings. The van der Waals surface area contributed by atoms with Crippen molar-refractivity contribution in [1.82, 2.24) is 24.1 Å². The van der Waals surface area contributed by atoms with Gasteiger partial charge in [0.05, 0.1) is 13.7 Å². The smallest absolute Gasteiger partial charge is 0.332 e. The lowest BCUT2D eigenvalue weighted by Gasteiger charge is -2.11. The van der Waals surface area contributed by atoms with Crippen LogP contribution in [0.25, 0.3) is 22.4 Å². The average molecular weight is 375 g/mol. The largest absolute Gasteiger partial charge is 0.497 e. The Morgan fingerprint density at radius 1 is 1.04 bits per heavy atom. The van der Waals surface area contributed by atoms with Crippen LogP contribution in [0, 0.1) is 0 Å². The van der Waals surface area contributed by atoms with Crippen LogP contribution in [0.5, 0.6) is 5.75 Å². The van der Waals surface area contributed by atoms with E-state index in [0.29, 0.717) is 11.5 Å². The third-order valence-electron chi connectivity index (χ3n) is 4.52. The van der Waals surface area contributed by atoms with E-state index in [0.717, 1.165) is 16.9 Å². The van der Waals surface area contributed by atoms with Crippen molar-refractivity contribution in [2.75, 3.05) is 7.11 Å². The van der Waals surface area contributed by atoms with Crippen LogP contribution < -0.4 is 16.0 Å². The van der Waals surface area contributed by atoms with Crippen LogP contribution in [-0.4, -0.2) is 31.2 Å². The van der Waals surface area contributed by atoms with E-state index in [1.54, 1.807) is 50.8 Å². The number of methoxy groups -OCH3 is 1. The van der Waals surface area contributed by atoms with Crippen molar-refractivity contribution < 1.29 is 4.74 Å². The fraction of sp³-hybridized carbons (Fsp3) is 0.150. The fourth-order valence-corrected chi connectivity index (χ4v) is 2.97. The number of aromatic nitrogens is 5. The van der Waals surface area contributed by atoms with E-state index < -0.39 is 11.2 Å². The first-order chi connectivity index (χ1) is 13.6. The van der Waals surface area contributed by atoms with Crippen molar-refractivity contribution in [3.8, 4) is 17.1 Å². The third kappa shape index (κ3) is 3.05.